The lowest BCUT2D eigenvalue weighted by molar-refractivity contribution is -0.388. The van der Waals surface area contributed by atoms with Crippen LogP contribution in [0.25, 0.3) is 0 Å². The van der Waals surface area contributed by atoms with E-state index in [0.29, 0.717) is 0 Å². The molecular weight excluding hydrogens is 291 g/mol. The topological polar surface area (TPSA) is 101 Å². The number of hydrogen-bond acceptors (Lipinski definition) is 5. The molecule has 9 heteroatoms. The van der Waals surface area contributed by atoms with Crippen LogP contribution in [0.3, 0.4) is 0 Å². The summed E-state index contributed by atoms with van der Waals surface area (Å²) in [5.41, 5.74) is -0.975. The van der Waals surface area contributed by atoms with Crippen LogP contribution >= 0.6 is 22.3 Å². The van der Waals surface area contributed by atoms with Gasteiger partial charge in [0.05, 0.1) is 4.92 Å². The van der Waals surface area contributed by atoms with E-state index in [1.807, 2.05) is 0 Å². The summed E-state index contributed by atoms with van der Waals surface area (Å²) in [6.45, 7) is 0. The Morgan fingerprint density at radius 1 is 1.47 bits per heavy atom. The molecule has 90 valence electrons. The molecule has 0 N–H and O–H groups in total. The number of rotatable bonds is 3. The molecule has 1 aromatic rings. The minimum Gasteiger partial charge on any atom is -0.258 e. The summed E-state index contributed by atoms with van der Waals surface area (Å²) in [4.78, 5) is 9.06. The van der Waals surface area contributed by atoms with E-state index in [2.05, 4.69) is 0 Å². The number of alkyl halides is 1. The summed E-state index contributed by atoms with van der Waals surface area (Å²) >= 11 is 5.49. The number of nitro benzene ring substituents is 1. The maximum absolute atomic E-state index is 11.2. The van der Waals surface area contributed by atoms with Crippen LogP contribution in [0, 0.1) is 21.4 Å². The van der Waals surface area contributed by atoms with Crippen LogP contribution in [-0.2, 0) is 14.9 Å². The Labute approximate surface area is 106 Å². The summed E-state index contributed by atoms with van der Waals surface area (Å²) in [5.74, 6) is -0.0912. The number of nitro groups is 1. The predicted octanol–water partition coefficient (Wildman–Crippen LogP) is 2.13. The summed E-state index contributed by atoms with van der Waals surface area (Å²) < 4.78 is 22.4. The van der Waals surface area contributed by atoms with E-state index < -0.39 is 30.1 Å². The summed E-state index contributed by atoms with van der Waals surface area (Å²) in [6.07, 6.45) is 0. The molecule has 17 heavy (non-hydrogen) atoms. The number of nitrogens with zero attached hydrogens (tertiary/aromatic N) is 2. The third kappa shape index (κ3) is 2.85. The van der Waals surface area contributed by atoms with Gasteiger partial charge in [0, 0.05) is 16.6 Å². The van der Waals surface area contributed by atoms with E-state index in [0.717, 1.165) is 12.1 Å². The molecule has 0 spiro atoms. The van der Waals surface area contributed by atoms with Gasteiger partial charge in [0.25, 0.3) is 9.05 Å². The summed E-state index contributed by atoms with van der Waals surface area (Å²) in [6, 6.07) is 3.67. The van der Waals surface area contributed by atoms with Gasteiger partial charge >= 0.3 is 5.69 Å². The lowest BCUT2D eigenvalue weighted by atomic mass is 10.1. The largest absolute Gasteiger partial charge is 0.306 e. The lowest BCUT2D eigenvalue weighted by Crippen LogP contribution is -2.03. The third-order valence-corrected chi connectivity index (χ3v) is 3.50. The molecule has 0 aliphatic carbocycles. The Morgan fingerprint density at radius 3 is 2.41 bits per heavy atom. The second kappa shape index (κ2) is 4.87. The van der Waals surface area contributed by atoms with E-state index in [1.165, 1.54) is 0 Å². The molecule has 0 fully saturated rings. The Balaban J connectivity index is 3.79. The minimum atomic E-state index is -4.32. The molecule has 6 nitrogen and oxygen atoms in total. The van der Waals surface area contributed by atoms with Crippen molar-refractivity contribution in [1.82, 2.24) is 0 Å². The van der Waals surface area contributed by atoms with E-state index in [1.54, 1.807) is 6.07 Å². The Hall–Kier alpha value is -1.36. The van der Waals surface area contributed by atoms with E-state index in [4.69, 9.17) is 27.5 Å². The smallest absolute Gasteiger partial charge is 0.258 e. The summed E-state index contributed by atoms with van der Waals surface area (Å²) in [7, 11) is 0.758. The van der Waals surface area contributed by atoms with Crippen molar-refractivity contribution < 1.29 is 13.3 Å². The zero-order valence-electron chi connectivity index (χ0n) is 8.05. The van der Waals surface area contributed by atoms with Crippen LogP contribution in [-0.4, -0.2) is 13.3 Å². The molecule has 1 rings (SSSR count). The second-order valence-corrected chi connectivity index (χ2v) is 5.73. The number of benzene rings is 1. The standard InChI is InChI=1S/C8H4Cl2N2O4S/c9-3-5-1-6(4-11)8(12(13)14)7(2-5)17(10,15)16/h1-2H,3H2. The van der Waals surface area contributed by atoms with E-state index in [9.17, 15) is 18.5 Å². The normalized spacial score (nSPS) is 10.9. The summed E-state index contributed by atoms with van der Waals surface area (Å²) in [5, 5.41) is 19.5. The van der Waals surface area contributed by atoms with Gasteiger partial charge in [0.1, 0.15) is 11.6 Å². The lowest BCUT2D eigenvalue weighted by Gasteiger charge is -2.03. The quantitative estimate of drug-likeness (QED) is 0.368. The Morgan fingerprint density at radius 2 is 2.06 bits per heavy atom. The Kier molecular flexibility index (Phi) is 3.93. The molecule has 0 aliphatic heterocycles. The molecular formula is C8H4Cl2N2O4S. The van der Waals surface area contributed by atoms with Crippen molar-refractivity contribution in [3.05, 3.63) is 33.4 Å². The molecule has 0 amide bonds. The first-order valence-corrected chi connectivity index (χ1v) is 6.87. The van der Waals surface area contributed by atoms with Crippen LogP contribution in [0.4, 0.5) is 5.69 Å². The van der Waals surface area contributed by atoms with Crippen molar-refractivity contribution >= 4 is 37.0 Å². The van der Waals surface area contributed by atoms with Crippen LogP contribution in [0.15, 0.2) is 17.0 Å². The zero-order valence-corrected chi connectivity index (χ0v) is 10.4. The molecule has 1 aromatic carbocycles. The maximum atomic E-state index is 11.2. The number of hydrogen-bond donors (Lipinski definition) is 0. The molecule has 0 unspecified atom stereocenters. The minimum absolute atomic E-state index is 0.0912. The zero-order chi connectivity index (χ0) is 13.2. The van der Waals surface area contributed by atoms with Gasteiger partial charge in [-0.2, -0.15) is 5.26 Å². The van der Waals surface area contributed by atoms with Crippen molar-refractivity contribution in [3.63, 3.8) is 0 Å². The van der Waals surface area contributed by atoms with Crippen molar-refractivity contribution in [2.45, 2.75) is 10.8 Å². The van der Waals surface area contributed by atoms with E-state index >= 15 is 0 Å². The van der Waals surface area contributed by atoms with Gasteiger partial charge in [-0.15, -0.1) is 11.6 Å². The molecule has 0 bridgehead atoms. The fourth-order valence-electron chi connectivity index (χ4n) is 1.20. The average molecular weight is 295 g/mol. The molecule has 0 saturated heterocycles. The highest BCUT2D eigenvalue weighted by molar-refractivity contribution is 8.13. The first kappa shape index (κ1) is 13.7. The van der Waals surface area contributed by atoms with Crippen molar-refractivity contribution in [2.24, 2.45) is 0 Å². The highest BCUT2D eigenvalue weighted by Gasteiger charge is 2.28. The molecule has 0 radical (unpaired) electrons. The molecule has 0 atom stereocenters. The first-order chi connectivity index (χ1) is 7.81. The fourth-order valence-corrected chi connectivity index (χ4v) is 2.42. The van der Waals surface area contributed by atoms with Crippen LogP contribution in [0.1, 0.15) is 11.1 Å². The van der Waals surface area contributed by atoms with Gasteiger partial charge in [0.15, 0.2) is 4.90 Å². The van der Waals surface area contributed by atoms with Crippen molar-refractivity contribution in [2.75, 3.05) is 0 Å². The molecule has 0 aromatic heterocycles. The van der Waals surface area contributed by atoms with Crippen molar-refractivity contribution in [3.8, 4) is 6.07 Å². The monoisotopic (exact) mass is 294 g/mol. The van der Waals surface area contributed by atoms with Crippen LogP contribution < -0.4 is 0 Å². The Bertz CT molecular complexity index is 621. The van der Waals surface area contributed by atoms with Gasteiger partial charge < -0.3 is 0 Å². The SMILES string of the molecule is N#Cc1cc(CCl)cc(S(=O)(=O)Cl)c1[N+](=O)[O-]. The molecule has 0 heterocycles. The maximum Gasteiger partial charge on any atom is 0.306 e. The highest BCUT2D eigenvalue weighted by Crippen LogP contribution is 2.31. The second-order valence-electron chi connectivity index (χ2n) is 2.93. The number of nitriles is 1. The number of halogens is 2. The highest BCUT2D eigenvalue weighted by atomic mass is 35.7. The molecule has 0 saturated carbocycles. The average Bonchev–Trinajstić information content (AvgIpc) is 2.25. The third-order valence-electron chi connectivity index (χ3n) is 1.85. The first-order valence-electron chi connectivity index (χ1n) is 4.03. The van der Waals surface area contributed by atoms with E-state index in [-0.39, 0.29) is 11.4 Å². The molecule has 0 aliphatic rings. The van der Waals surface area contributed by atoms with Gasteiger partial charge in [-0.05, 0) is 17.7 Å². The van der Waals surface area contributed by atoms with Gasteiger partial charge in [-0.3, -0.25) is 10.1 Å². The fraction of sp³-hybridized carbons (Fsp3) is 0.125. The van der Waals surface area contributed by atoms with Gasteiger partial charge in [0.2, 0.25) is 0 Å². The van der Waals surface area contributed by atoms with Crippen LogP contribution in [0.2, 0.25) is 0 Å². The van der Waals surface area contributed by atoms with Gasteiger partial charge in [-0.25, -0.2) is 8.42 Å². The van der Waals surface area contributed by atoms with Gasteiger partial charge in [-0.1, -0.05) is 0 Å². The van der Waals surface area contributed by atoms with Crippen LogP contribution in [0.5, 0.6) is 0 Å². The predicted molar refractivity (Wildman–Crippen MR) is 60.4 cm³/mol. The van der Waals surface area contributed by atoms with Crippen molar-refractivity contribution in [1.29, 1.82) is 5.26 Å².